The summed E-state index contributed by atoms with van der Waals surface area (Å²) in [5.74, 6) is -1.38. The van der Waals surface area contributed by atoms with E-state index in [4.69, 9.17) is 0 Å². The van der Waals surface area contributed by atoms with Gasteiger partial charge in [0.1, 0.15) is 5.78 Å². The van der Waals surface area contributed by atoms with Gasteiger partial charge < -0.3 is 9.84 Å². The molecule has 2 aliphatic rings. The van der Waals surface area contributed by atoms with Crippen LogP contribution < -0.4 is 0 Å². The minimum atomic E-state index is -0.653. The maximum absolute atomic E-state index is 11.2. The summed E-state index contributed by atoms with van der Waals surface area (Å²) in [7, 11) is 0. The Balaban J connectivity index is 2.04. The van der Waals surface area contributed by atoms with Gasteiger partial charge in [-0.25, -0.2) is 0 Å². The van der Waals surface area contributed by atoms with Crippen molar-refractivity contribution in [2.45, 2.75) is 12.5 Å². The number of esters is 1. The summed E-state index contributed by atoms with van der Waals surface area (Å²) in [6, 6.07) is 0. The van der Waals surface area contributed by atoms with E-state index in [1.54, 1.807) is 0 Å². The van der Waals surface area contributed by atoms with Crippen LogP contribution in [0.5, 0.6) is 0 Å². The highest BCUT2D eigenvalue weighted by Gasteiger charge is 2.66. The van der Waals surface area contributed by atoms with E-state index in [9.17, 15) is 14.7 Å². The van der Waals surface area contributed by atoms with Crippen LogP contribution in [0.25, 0.3) is 0 Å². The van der Waals surface area contributed by atoms with Gasteiger partial charge in [-0.3, -0.25) is 9.59 Å². The third-order valence-electron chi connectivity index (χ3n) is 2.77. The van der Waals surface area contributed by atoms with Crippen LogP contribution in [0, 0.1) is 17.8 Å². The van der Waals surface area contributed by atoms with E-state index >= 15 is 0 Å². The topological polar surface area (TPSA) is 63.6 Å². The summed E-state index contributed by atoms with van der Waals surface area (Å²) >= 11 is 0. The molecule has 0 aromatic heterocycles. The molecule has 0 aromatic carbocycles. The molecule has 2 rings (SSSR count). The molecule has 13 heavy (non-hydrogen) atoms. The van der Waals surface area contributed by atoms with Gasteiger partial charge in [-0.2, -0.15) is 0 Å². The molecule has 0 spiro atoms. The van der Waals surface area contributed by atoms with E-state index < -0.39 is 18.0 Å². The molecule has 2 fully saturated rings. The molecule has 0 amide bonds. The molecule has 0 unspecified atom stereocenters. The van der Waals surface area contributed by atoms with Crippen molar-refractivity contribution in [3.8, 4) is 0 Å². The van der Waals surface area contributed by atoms with E-state index in [-0.39, 0.29) is 24.0 Å². The molecular weight excluding hydrogens is 172 g/mol. The Hall–Kier alpha value is -1.16. The lowest BCUT2D eigenvalue weighted by Gasteiger charge is -2.04. The minimum absolute atomic E-state index is 0.0245. The van der Waals surface area contributed by atoms with Crippen LogP contribution in [0.3, 0.4) is 0 Å². The van der Waals surface area contributed by atoms with E-state index in [0.717, 1.165) is 6.26 Å². The number of hydrogen-bond acceptors (Lipinski definition) is 4. The molecule has 4 nitrogen and oxygen atoms in total. The molecule has 1 N–H and O–H groups in total. The Labute approximate surface area is 75.2 Å². The predicted molar refractivity (Wildman–Crippen MR) is 42.4 cm³/mol. The number of aliphatic hydroxyl groups excluding tert-OH is 1. The predicted octanol–water partition coefficient (Wildman–Crippen LogP) is -0.131. The molecule has 70 valence electrons. The highest BCUT2D eigenvalue weighted by atomic mass is 16.5. The second-order valence-corrected chi connectivity index (χ2v) is 3.47. The van der Waals surface area contributed by atoms with Crippen LogP contribution in [0.2, 0.25) is 0 Å². The van der Waals surface area contributed by atoms with Crippen LogP contribution in [0.15, 0.2) is 12.8 Å². The Bertz CT molecular complexity index is 283. The maximum Gasteiger partial charge on any atom is 0.314 e. The summed E-state index contributed by atoms with van der Waals surface area (Å²) < 4.78 is 4.56. The zero-order chi connectivity index (χ0) is 9.59. The monoisotopic (exact) mass is 182 g/mol. The van der Waals surface area contributed by atoms with Crippen molar-refractivity contribution >= 4 is 11.8 Å². The van der Waals surface area contributed by atoms with Crippen molar-refractivity contribution < 1.29 is 19.4 Å². The van der Waals surface area contributed by atoms with Gasteiger partial charge in [-0.15, -0.1) is 0 Å². The van der Waals surface area contributed by atoms with Gasteiger partial charge in [0.25, 0.3) is 0 Å². The van der Waals surface area contributed by atoms with E-state index in [1.165, 1.54) is 0 Å². The summed E-state index contributed by atoms with van der Waals surface area (Å²) in [5, 5.41) is 9.34. The van der Waals surface area contributed by atoms with Gasteiger partial charge in [0.05, 0.1) is 18.3 Å². The van der Waals surface area contributed by atoms with Crippen LogP contribution in [-0.2, 0) is 14.3 Å². The smallest absolute Gasteiger partial charge is 0.314 e. The first kappa shape index (κ1) is 8.44. The molecule has 2 aliphatic carbocycles. The number of carbonyl (C=O) groups excluding carboxylic acids is 2. The zero-order valence-electron chi connectivity index (χ0n) is 6.97. The Morgan fingerprint density at radius 3 is 2.85 bits per heavy atom. The Morgan fingerprint density at radius 1 is 1.69 bits per heavy atom. The molecule has 0 saturated heterocycles. The molecule has 2 saturated carbocycles. The van der Waals surface area contributed by atoms with Gasteiger partial charge in [-0.1, -0.05) is 6.58 Å². The van der Waals surface area contributed by atoms with Crippen molar-refractivity contribution in [3.63, 3.8) is 0 Å². The van der Waals surface area contributed by atoms with Crippen LogP contribution in [0.4, 0.5) is 0 Å². The molecule has 0 aromatic rings. The molecule has 0 radical (unpaired) electrons. The first-order valence-corrected chi connectivity index (χ1v) is 4.19. The molecule has 0 heterocycles. The Morgan fingerprint density at radius 2 is 2.38 bits per heavy atom. The average molecular weight is 182 g/mol. The standard InChI is InChI=1S/C9H10O4/c1-2-13-9(12)8-6-4(10)3-5(11)7(6)8/h2,4,6-8,10H,1,3H2/t4-,6+,7-,8-/m0/s1. The average Bonchev–Trinajstić information content (AvgIpc) is 2.72. The van der Waals surface area contributed by atoms with Crippen LogP contribution >= 0.6 is 0 Å². The Kier molecular flexibility index (Phi) is 1.73. The second kappa shape index (κ2) is 2.67. The second-order valence-electron chi connectivity index (χ2n) is 3.47. The summed E-state index contributed by atoms with van der Waals surface area (Å²) in [6.07, 6.45) is 0.584. The molecule has 0 bridgehead atoms. The van der Waals surface area contributed by atoms with Gasteiger partial charge in [0.2, 0.25) is 0 Å². The number of carbonyl (C=O) groups is 2. The third kappa shape index (κ3) is 1.09. The van der Waals surface area contributed by atoms with Crippen LogP contribution in [0.1, 0.15) is 6.42 Å². The number of Topliss-reactive ketones (excluding diaryl/α,β-unsaturated/α-hetero) is 1. The van der Waals surface area contributed by atoms with E-state index in [0.29, 0.717) is 0 Å². The number of aliphatic hydroxyl groups is 1. The maximum atomic E-state index is 11.2. The van der Waals surface area contributed by atoms with Crippen molar-refractivity contribution in [2.75, 3.05) is 0 Å². The number of fused-ring (bicyclic) bond motifs is 1. The summed E-state index contributed by atoms with van der Waals surface area (Å²) in [5.41, 5.74) is 0. The van der Waals surface area contributed by atoms with Crippen molar-refractivity contribution in [1.29, 1.82) is 0 Å². The molecular formula is C9H10O4. The summed E-state index contributed by atoms with van der Waals surface area (Å²) in [4.78, 5) is 22.3. The number of rotatable bonds is 2. The fraction of sp³-hybridized carbons (Fsp3) is 0.556. The van der Waals surface area contributed by atoms with Gasteiger partial charge in [0, 0.05) is 18.3 Å². The van der Waals surface area contributed by atoms with Crippen molar-refractivity contribution in [3.05, 3.63) is 12.8 Å². The molecule has 0 aliphatic heterocycles. The third-order valence-corrected chi connectivity index (χ3v) is 2.77. The highest BCUT2D eigenvalue weighted by Crippen LogP contribution is 2.55. The first-order chi connectivity index (χ1) is 6.16. The van der Waals surface area contributed by atoms with Crippen molar-refractivity contribution in [2.24, 2.45) is 17.8 Å². The number of ketones is 1. The highest BCUT2D eigenvalue weighted by molar-refractivity contribution is 5.95. The van der Waals surface area contributed by atoms with Gasteiger partial charge in [0.15, 0.2) is 0 Å². The normalized spacial score (nSPS) is 41.2. The lowest BCUT2D eigenvalue weighted by molar-refractivity contribution is -0.142. The number of hydrogen-bond donors (Lipinski definition) is 1. The summed E-state index contributed by atoms with van der Waals surface area (Å²) in [6.45, 7) is 3.25. The largest absolute Gasteiger partial charge is 0.435 e. The van der Waals surface area contributed by atoms with Crippen LogP contribution in [-0.4, -0.2) is 23.0 Å². The quantitative estimate of drug-likeness (QED) is 0.477. The lowest BCUT2D eigenvalue weighted by atomic mass is 10.1. The van der Waals surface area contributed by atoms with Gasteiger partial charge in [-0.05, 0) is 0 Å². The molecule has 4 heteroatoms. The fourth-order valence-electron chi connectivity index (χ4n) is 2.17. The lowest BCUT2D eigenvalue weighted by Crippen LogP contribution is -2.17. The minimum Gasteiger partial charge on any atom is -0.435 e. The zero-order valence-corrected chi connectivity index (χ0v) is 6.97. The number of ether oxygens (including phenoxy) is 1. The molecule has 4 atom stereocenters. The fourth-order valence-corrected chi connectivity index (χ4v) is 2.17. The van der Waals surface area contributed by atoms with Crippen molar-refractivity contribution in [1.82, 2.24) is 0 Å². The van der Waals surface area contributed by atoms with E-state index in [2.05, 4.69) is 11.3 Å². The first-order valence-electron chi connectivity index (χ1n) is 4.19. The SMILES string of the molecule is C=COC(=O)[C@@H]1[C@H]2C(=O)C[C@H](O)[C@H]21. The van der Waals surface area contributed by atoms with E-state index in [1.807, 2.05) is 0 Å². The van der Waals surface area contributed by atoms with Gasteiger partial charge >= 0.3 is 5.97 Å².